The summed E-state index contributed by atoms with van der Waals surface area (Å²) >= 11 is 0. The number of aryl methyl sites for hydroxylation is 2. The van der Waals surface area contributed by atoms with Crippen molar-refractivity contribution in [2.45, 2.75) is 51.0 Å². The topological polar surface area (TPSA) is 137 Å². The molecule has 0 heterocycles. The highest BCUT2D eigenvalue weighted by atomic mass is 35.5. The van der Waals surface area contributed by atoms with Gasteiger partial charge in [-0.2, -0.15) is 5.48 Å². The molecule has 0 aliphatic rings. The number of unbranched alkanes of at least 4 members (excludes halogenated alkanes) is 1. The van der Waals surface area contributed by atoms with Crippen molar-refractivity contribution in [2.24, 2.45) is 11.5 Å². The predicted octanol–water partition coefficient (Wildman–Crippen LogP) is 2.39. The molecule has 10 heteroatoms. The molecule has 2 rings (SSSR count). The van der Waals surface area contributed by atoms with E-state index in [2.05, 4.69) is 35.1 Å². The Morgan fingerprint density at radius 2 is 1.43 bits per heavy atom. The normalized spacial score (nSPS) is 10.8. The van der Waals surface area contributed by atoms with Crippen molar-refractivity contribution >= 4 is 42.6 Å². The first kappa shape index (κ1) is 32.4. The van der Waals surface area contributed by atoms with E-state index >= 15 is 0 Å². The summed E-state index contributed by atoms with van der Waals surface area (Å²) in [5, 5.41) is 2.52. The molecular formula is C25H36Cl2N4O4. The first-order chi connectivity index (χ1) is 16.0. The van der Waals surface area contributed by atoms with Crippen molar-refractivity contribution in [3.8, 4) is 0 Å². The second-order valence-electron chi connectivity index (χ2n) is 7.91. The van der Waals surface area contributed by atoms with Crippen molar-refractivity contribution in [3.05, 3.63) is 71.3 Å². The molecule has 1 atom stereocenters. The van der Waals surface area contributed by atoms with Crippen LogP contribution in [-0.2, 0) is 38.5 Å². The molecule has 35 heavy (non-hydrogen) atoms. The van der Waals surface area contributed by atoms with Gasteiger partial charge in [0.15, 0.2) is 0 Å². The van der Waals surface area contributed by atoms with Crippen LogP contribution in [0.1, 0.15) is 42.4 Å². The molecule has 0 bridgehead atoms. The number of nitrogens with two attached hydrogens (primary N) is 2. The average molecular weight is 527 g/mol. The fraction of sp³-hybridized carbons (Fsp3) is 0.400. The standard InChI is InChI=1S/C25H34N4O4.2ClH/c26-16-14-22(27)25(32)28-17-15-24(31)33-29-23(30)18-21-12-10-20(11-13-21)9-5-4-8-19-6-2-1-3-7-19;;/h1-3,6-7,10-13,22H,4-5,8-9,14-18,26-27H2,(H,28,32)(H,29,30);2*1H. The van der Waals surface area contributed by atoms with Gasteiger partial charge in [0.1, 0.15) is 0 Å². The van der Waals surface area contributed by atoms with Crippen LogP contribution in [0.15, 0.2) is 54.6 Å². The third-order valence-corrected chi connectivity index (χ3v) is 5.13. The van der Waals surface area contributed by atoms with E-state index in [0.29, 0.717) is 13.0 Å². The summed E-state index contributed by atoms with van der Waals surface area (Å²) in [5.41, 5.74) is 16.5. The molecule has 0 aliphatic heterocycles. The lowest BCUT2D eigenvalue weighted by Gasteiger charge is -2.11. The van der Waals surface area contributed by atoms with E-state index < -0.39 is 17.9 Å². The Kier molecular flexibility index (Phi) is 17.2. The Balaban J connectivity index is 0.00000578. The maximum Gasteiger partial charge on any atom is 0.334 e. The lowest BCUT2D eigenvalue weighted by molar-refractivity contribution is -0.158. The van der Waals surface area contributed by atoms with Gasteiger partial charge >= 0.3 is 5.97 Å². The van der Waals surface area contributed by atoms with Crippen molar-refractivity contribution in [3.63, 3.8) is 0 Å². The van der Waals surface area contributed by atoms with E-state index in [-0.39, 0.29) is 50.1 Å². The maximum atomic E-state index is 12.0. The Morgan fingerprint density at radius 1 is 0.857 bits per heavy atom. The molecule has 0 spiro atoms. The number of nitrogens with one attached hydrogen (secondary N) is 2. The molecule has 2 aromatic rings. The third-order valence-electron chi connectivity index (χ3n) is 5.13. The van der Waals surface area contributed by atoms with Crippen LogP contribution in [0.4, 0.5) is 0 Å². The Hall–Kier alpha value is -2.65. The molecular weight excluding hydrogens is 491 g/mol. The van der Waals surface area contributed by atoms with Crippen LogP contribution in [-0.4, -0.2) is 36.9 Å². The predicted molar refractivity (Wildman–Crippen MR) is 141 cm³/mol. The Morgan fingerprint density at radius 3 is 2.03 bits per heavy atom. The second kappa shape index (κ2) is 18.6. The van der Waals surface area contributed by atoms with Gasteiger partial charge in [0.2, 0.25) is 5.91 Å². The number of hydrogen-bond donors (Lipinski definition) is 4. The Bertz CT molecular complexity index is 883. The zero-order chi connectivity index (χ0) is 23.9. The second-order valence-corrected chi connectivity index (χ2v) is 7.91. The van der Waals surface area contributed by atoms with E-state index in [1.54, 1.807) is 0 Å². The van der Waals surface area contributed by atoms with Crippen molar-refractivity contribution in [1.82, 2.24) is 10.8 Å². The van der Waals surface area contributed by atoms with Crippen LogP contribution >= 0.6 is 24.8 Å². The summed E-state index contributed by atoms with van der Waals surface area (Å²) in [6.45, 7) is 0.374. The number of hydrogen-bond acceptors (Lipinski definition) is 6. The fourth-order valence-electron chi connectivity index (χ4n) is 3.24. The Labute approximate surface area is 219 Å². The largest absolute Gasteiger partial charge is 0.354 e. The van der Waals surface area contributed by atoms with E-state index in [9.17, 15) is 14.4 Å². The van der Waals surface area contributed by atoms with E-state index in [1.807, 2.05) is 30.3 Å². The highest BCUT2D eigenvalue weighted by Crippen LogP contribution is 2.11. The van der Waals surface area contributed by atoms with Gasteiger partial charge in [-0.1, -0.05) is 54.6 Å². The summed E-state index contributed by atoms with van der Waals surface area (Å²) in [4.78, 5) is 40.1. The molecule has 194 valence electrons. The van der Waals surface area contributed by atoms with Crippen LogP contribution in [0.5, 0.6) is 0 Å². The minimum Gasteiger partial charge on any atom is -0.354 e. The zero-order valence-corrected chi connectivity index (χ0v) is 21.4. The molecule has 0 saturated carbocycles. The summed E-state index contributed by atoms with van der Waals surface area (Å²) in [6, 6.07) is 17.6. The number of carbonyl (C=O) groups is 3. The molecule has 0 saturated heterocycles. The first-order valence-corrected chi connectivity index (χ1v) is 11.3. The summed E-state index contributed by atoms with van der Waals surface area (Å²) in [7, 11) is 0. The van der Waals surface area contributed by atoms with Gasteiger partial charge in [-0.3, -0.25) is 9.59 Å². The lowest BCUT2D eigenvalue weighted by Crippen LogP contribution is -2.42. The van der Waals surface area contributed by atoms with Gasteiger partial charge in [-0.25, -0.2) is 4.79 Å². The third kappa shape index (κ3) is 13.7. The van der Waals surface area contributed by atoms with E-state index in [4.69, 9.17) is 16.3 Å². The first-order valence-electron chi connectivity index (χ1n) is 11.3. The number of carbonyl (C=O) groups excluding carboxylic acids is 3. The van der Waals surface area contributed by atoms with E-state index in [0.717, 1.165) is 31.2 Å². The van der Waals surface area contributed by atoms with Crippen molar-refractivity contribution < 1.29 is 19.2 Å². The molecule has 2 aromatic carbocycles. The van der Waals surface area contributed by atoms with Crippen molar-refractivity contribution in [1.29, 1.82) is 0 Å². The minimum atomic E-state index is -0.702. The molecule has 6 N–H and O–H groups in total. The average Bonchev–Trinajstić information content (AvgIpc) is 2.82. The van der Waals surface area contributed by atoms with E-state index in [1.165, 1.54) is 11.1 Å². The number of hydroxylamine groups is 1. The molecule has 1 unspecified atom stereocenters. The number of amides is 2. The monoisotopic (exact) mass is 526 g/mol. The molecule has 0 aliphatic carbocycles. The lowest BCUT2D eigenvalue weighted by atomic mass is 10.0. The quantitative estimate of drug-likeness (QED) is 0.233. The summed E-state index contributed by atoms with van der Waals surface area (Å²) < 4.78 is 0. The van der Waals surface area contributed by atoms with Gasteiger partial charge in [0.25, 0.3) is 5.91 Å². The van der Waals surface area contributed by atoms with Crippen LogP contribution in [0.25, 0.3) is 0 Å². The van der Waals surface area contributed by atoms with Gasteiger partial charge < -0.3 is 21.6 Å². The summed E-state index contributed by atoms with van der Waals surface area (Å²) in [6.07, 6.45) is 4.68. The zero-order valence-electron chi connectivity index (χ0n) is 19.7. The number of halogens is 2. The molecule has 0 fully saturated rings. The maximum absolute atomic E-state index is 12.0. The van der Waals surface area contributed by atoms with Gasteiger partial charge in [0.05, 0.1) is 18.9 Å². The van der Waals surface area contributed by atoms with Gasteiger partial charge in [0, 0.05) is 6.54 Å². The number of benzene rings is 2. The van der Waals surface area contributed by atoms with Gasteiger partial charge in [-0.15, -0.1) is 24.8 Å². The van der Waals surface area contributed by atoms with Crippen LogP contribution in [0.2, 0.25) is 0 Å². The van der Waals surface area contributed by atoms with Crippen molar-refractivity contribution in [2.75, 3.05) is 13.1 Å². The fourth-order valence-corrected chi connectivity index (χ4v) is 3.24. The highest BCUT2D eigenvalue weighted by Gasteiger charge is 2.13. The SMILES string of the molecule is Cl.Cl.NCCC(N)C(=O)NCCC(=O)ONC(=O)Cc1ccc(CCCCc2ccccc2)cc1. The minimum absolute atomic E-state index is 0. The highest BCUT2D eigenvalue weighted by molar-refractivity contribution is 5.85. The summed E-state index contributed by atoms with van der Waals surface area (Å²) in [5.74, 6) is -1.45. The van der Waals surface area contributed by atoms with Crippen LogP contribution in [0, 0.1) is 0 Å². The van der Waals surface area contributed by atoms with Gasteiger partial charge in [-0.05, 0) is 55.3 Å². The van der Waals surface area contributed by atoms with Crippen LogP contribution in [0.3, 0.4) is 0 Å². The molecule has 0 aromatic heterocycles. The molecule has 8 nitrogen and oxygen atoms in total. The molecule has 2 amide bonds. The number of rotatable bonds is 13. The van der Waals surface area contributed by atoms with Crippen LogP contribution < -0.4 is 22.3 Å². The smallest absolute Gasteiger partial charge is 0.334 e. The molecule has 0 radical (unpaired) electrons.